The first-order chi connectivity index (χ1) is 6.11. The molecule has 0 saturated heterocycles. The first-order valence-corrected chi connectivity index (χ1v) is 4.90. The lowest BCUT2D eigenvalue weighted by Gasteiger charge is -2.08. The SMILES string of the molecule is CN(C)C(=O)CSc1nccn1C. The van der Waals surface area contributed by atoms with Crippen LogP contribution in [0.25, 0.3) is 0 Å². The number of carbonyl (C=O) groups excluding carboxylic acids is 1. The average molecular weight is 199 g/mol. The normalized spacial score (nSPS) is 10.1. The summed E-state index contributed by atoms with van der Waals surface area (Å²) in [7, 11) is 5.41. The van der Waals surface area contributed by atoms with Gasteiger partial charge in [0, 0.05) is 33.5 Å². The third-order valence-electron chi connectivity index (χ3n) is 1.60. The highest BCUT2D eigenvalue weighted by molar-refractivity contribution is 7.99. The topological polar surface area (TPSA) is 38.1 Å². The van der Waals surface area contributed by atoms with Gasteiger partial charge in [0.2, 0.25) is 5.91 Å². The Morgan fingerprint density at radius 3 is 2.85 bits per heavy atom. The summed E-state index contributed by atoms with van der Waals surface area (Å²) >= 11 is 1.45. The Balaban J connectivity index is 2.44. The Morgan fingerprint density at radius 1 is 1.69 bits per heavy atom. The van der Waals surface area contributed by atoms with Gasteiger partial charge in [0.25, 0.3) is 0 Å². The van der Waals surface area contributed by atoms with E-state index in [4.69, 9.17) is 0 Å². The van der Waals surface area contributed by atoms with Crippen LogP contribution in [0.4, 0.5) is 0 Å². The van der Waals surface area contributed by atoms with E-state index in [1.54, 1.807) is 25.2 Å². The summed E-state index contributed by atoms with van der Waals surface area (Å²) < 4.78 is 1.90. The van der Waals surface area contributed by atoms with Crippen LogP contribution in [0.1, 0.15) is 0 Å². The van der Waals surface area contributed by atoms with Crippen LogP contribution in [0.3, 0.4) is 0 Å². The van der Waals surface area contributed by atoms with Crippen molar-refractivity contribution in [3.8, 4) is 0 Å². The van der Waals surface area contributed by atoms with Crippen molar-refractivity contribution in [1.82, 2.24) is 14.5 Å². The van der Waals surface area contributed by atoms with Gasteiger partial charge in [0.05, 0.1) is 5.75 Å². The predicted octanol–water partition coefficient (Wildman–Crippen LogP) is 0.600. The van der Waals surface area contributed by atoms with Crippen molar-refractivity contribution in [2.24, 2.45) is 7.05 Å². The minimum Gasteiger partial charge on any atom is -0.348 e. The van der Waals surface area contributed by atoms with Crippen LogP contribution in [-0.4, -0.2) is 40.2 Å². The van der Waals surface area contributed by atoms with Crippen LogP contribution in [-0.2, 0) is 11.8 Å². The lowest BCUT2D eigenvalue weighted by Crippen LogP contribution is -2.23. The molecule has 0 aliphatic heterocycles. The molecule has 72 valence electrons. The van der Waals surface area contributed by atoms with Crippen LogP contribution in [0, 0.1) is 0 Å². The molecule has 0 aromatic carbocycles. The van der Waals surface area contributed by atoms with Crippen molar-refractivity contribution >= 4 is 17.7 Å². The fraction of sp³-hybridized carbons (Fsp3) is 0.500. The Labute approximate surface area is 81.9 Å². The minimum atomic E-state index is 0.105. The Morgan fingerprint density at radius 2 is 2.38 bits per heavy atom. The van der Waals surface area contributed by atoms with Crippen molar-refractivity contribution in [3.63, 3.8) is 0 Å². The Hall–Kier alpha value is -0.970. The van der Waals surface area contributed by atoms with E-state index >= 15 is 0 Å². The zero-order valence-electron chi connectivity index (χ0n) is 8.02. The van der Waals surface area contributed by atoms with Crippen molar-refractivity contribution in [2.45, 2.75) is 5.16 Å². The number of rotatable bonds is 3. The van der Waals surface area contributed by atoms with Crippen LogP contribution < -0.4 is 0 Å². The molecule has 0 unspecified atom stereocenters. The zero-order chi connectivity index (χ0) is 9.84. The molecule has 13 heavy (non-hydrogen) atoms. The maximum Gasteiger partial charge on any atom is 0.232 e. The van der Waals surface area contributed by atoms with Gasteiger partial charge in [0.1, 0.15) is 0 Å². The quantitative estimate of drug-likeness (QED) is 0.669. The van der Waals surface area contributed by atoms with Crippen LogP contribution in [0.15, 0.2) is 17.6 Å². The van der Waals surface area contributed by atoms with Gasteiger partial charge in [0.15, 0.2) is 5.16 Å². The van der Waals surface area contributed by atoms with E-state index in [-0.39, 0.29) is 5.91 Å². The maximum atomic E-state index is 11.2. The summed E-state index contributed by atoms with van der Waals surface area (Å²) in [5.74, 6) is 0.547. The van der Waals surface area contributed by atoms with Gasteiger partial charge in [-0.05, 0) is 0 Å². The highest BCUT2D eigenvalue weighted by Crippen LogP contribution is 2.14. The molecule has 0 bridgehead atoms. The van der Waals surface area contributed by atoms with Gasteiger partial charge in [-0.15, -0.1) is 0 Å². The largest absolute Gasteiger partial charge is 0.348 e. The van der Waals surface area contributed by atoms with E-state index in [0.29, 0.717) is 5.75 Å². The molecular weight excluding hydrogens is 186 g/mol. The second-order valence-electron chi connectivity index (χ2n) is 2.90. The lowest BCUT2D eigenvalue weighted by molar-refractivity contribution is -0.125. The molecule has 0 saturated carbocycles. The molecule has 5 heteroatoms. The summed E-state index contributed by atoms with van der Waals surface area (Å²) in [5.41, 5.74) is 0. The molecule has 0 fully saturated rings. The van der Waals surface area contributed by atoms with Gasteiger partial charge >= 0.3 is 0 Å². The number of hydrogen-bond donors (Lipinski definition) is 0. The fourth-order valence-electron chi connectivity index (χ4n) is 0.746. The van der Waals surface area contributed by atoms with Crippen molar-refractivity contribution < 1.29 is 4.79 Å². The number of imidazole rings is 1. The standard InChI is InChI=1S/C8H13N3OS/c1-10(2)7(12)6-13-8-9-4-5-11(8)3/h4-5H,6H2,1-3H3. The van der Waals surface area contributed by atoms with E-state index < -0.39 is 0 Å². The molecule has 0 atom stereocenters. The van der Waals surface area contributed by atoms with E-state index in [2.05, 4.69) is 4.98 Å². The molecule has 1 amide bonds. The minimum absolute atomic E-state index is 0.105. The predicted molar refractivity (Wildman–Crippen MR) is 52.6 cm³/mol. The van der Waals surface area contributed by atoms with E-state index in [0.717, 1.165) is 5.16 Å². The maximum absolute atomic E-state index is 11.2. The molecule has 1 rings (SSSR count). The summed E-state index contributed by atoms with van der Waals surface area (Å²) in [5, 5.41) is 0.871. The van der Waals surface area contributed by atoms with Crippen molar-refractivity contribution in [1.29, 1.82) is 0 Å². The number of thioether (sulfide) groups is 1. The molecular formula is C8H13N3OS. The molecule has 1 aromatic heterocycles. The summed E-state index contributed by atoms with van der Waals surface area (Å²) in [6.07, 6.45) is 3.59. The number of carbonyl (C=O) groups is 1. The average Bonchev–Trinajstić information content (AvgIpc) is 2.47. The highest BCUT2D eigenvalue weighted by atomic mass is 32.2. The van der Waals surface area contributed by atoms with E-state index in [1.807, 2.05) is 17.8 Å². The zero-order valence-corrected chi connectivity index (χ0v) is 8.84. The first-order valence-electron chi connectivity index (χ1n) is 3.91. The van der Waals surface area contributed by atoms with Crippen LogP contribution >= 0.6 is 11.8 Å². The monoisotopic (exact) mass is 199 g/mol. The highest BCUT2D eigenvalue weighted by Gasteiger charge is 2.06. The third kappa shape index (κ3) is 2.77. The van der Waals surface area contributed by atoms with Crippen LogP contribution in [0.2, 0.25) is 0 Å². The van der Waals surface area contributed by atoms with Crippen molar-refractivity contribution in [3.05, 3.63) is 12.4 Å². The first kappa shape index (κ1) is 10.1. The third-order valence-corrected chi connectivity index (χ3v) is 2.64. The van der Waals surface area contributed by atoms with Crippen LogP contribution in [0.5, 0.6) is 0 Å². The number of hydrogen-bond acceptors (Lipinski definition) is 3. The molecule has 0 aliphatic carbocycles. The van der Waals surface area contributed by atoms with E-state index in [1.165, 1.54) is 11.8 Å². The molecule has 0 aliphatic rings. The molecule has 1 heterocycles. The molecule has 0 N–H and O–H groups in total. The molecule has 0 spiro atoms. The fourth-order valence-corrected chi connectivity index (χ4v) is 1.66. The van der Waals surface area contributed by atoms with Gasteiger partial charge in [-0.2, -0.15) is 0 Å². The van der Waals surface area contributed by atoms with Crippen molar-refractivity contribution in [2.75, 3.05) is 19.8 Å². The van der Waals surface area contributed by atoms with Gasteiger partial charge in [-0.1, -0.05) is 11.8 Å². The number of aromatic nitrogens is 2. The number of aryl methyl sites for hydroxylation is 1. The Bertz CT molecular complexity index is 295. The smallest absolute Gasteiger partial charge is 0.232 e. The van der Waals surface area contributed by atoms with Gasteiger partial charge < -0.3 is 9.47 Å². The summed E-state index contributed by atoms with van der Waals surface area (Å²) in [6, 6.07) is 0. The number of amides is 1. The second kappa shape index (κ2) is 4.32. The van der Waals surface area contributed by atoms with E-state index in [9.17, 15) is 4.79 Å². The summed E-state index contributed by atoms with van der Waals surface area (Å²) in [6.45, 7) is 0. The second-order valence-corrected chi connectivity index (χ2v) is 3.84. The van der Waals surface area contributed by atoms with Gasteiger partial charge in [-0.3, -0.25) is 4.79 Å². The summed E-state index contributed by atoms with van der Waals surface area (Å²) in [4.78, 5) is 16.9. The van der Waals surface area contributed by atoms with Gasteiger partial charge in [-0.25, -0.2) is 4.98 Å². The molecule has 0 radical (unpaired) electrons. The molecule has 1 aromatic rings. The Kier molecular flexibility index (Phi) is 3.36. The lowest BCUT2D eigenvalue weighted by atomic mass is 10.6. The molecule has 4 nitrogen and oxygen atoms in total. The number of nitrogens with zero attached hydrogens (tertiary/aromatic N) is 3.